The van der Waals surface area contributed by atoms with Gasteiger partial charge in [-0.1, -0.05) is 59.2 Å². The van der Waals surface area contributed by atoms with Crippen molar-refractivity contribution >= 4 is 19.2 Å². The Bertz CT molecular complexity index is 750. The van der Waals surface area contributed by atoms with E-state index in [1.165, 1.54) is 5.56 Å². The van der Waals surface area contributed by atoms with Gasteiger partial charge in [-0.15, -0.1) is 0 Å². The molecule has 2 N–H and O–H groups in total. The summed E-state index contributed by atoms with van der Waals surface area (Å²) in [6.45, 7) is 14.1. The smallest absolute Gasteiger partial charge is 0.126 e. The summed E-state index contributed by atoms with van der Waals surface area (Å²) in [7, 11) is 0.306. The zero-order chi connectivity index (χ0) is 18.3. The summed E-state index contributed by atoms with van der Waals surface area (Å²) in [5.74, 6) is 0.364. The van der Waals surface area contributed by atoms with Crippen LogP contribution in [0.1, 0.15) is 56.9 Å². The summed E-state index contributed by atoms with van der Waals surface area (Å²) in [5.41, 5.74) is 3.31. The maximum absolute atomic E-state index is 10.5. The molecule has 1 atom stereocenters. The summed E-state index contributed by atoms with van der Waals surface area (Å²) < 4.78 is 0. The van der Waals surface area contributed by atoms with Gasteiger partial charge in [0.1, 0.15) is 5.75 Å². The van der Waals surface area contributed by atoms with Crippen LogP contribution >= 0.6 is 8.58 Å². The maximum Gasteiger partial charge on any atom is 0.126 e. The molecule has 2 aromatic rings. The average Bonchev–Trinajstić information content (AvgIpc) is 2.43. The molecule has 1 unspecified atom stereocenters. The van der Waals surface area contributed by atoms with Crippen LogP contribution < -0.4 is 10.6 Å². The molecule has 2 aromatic carbocycles. The highest BCUT2D eigenvalue weighted by Gasteiger charge is 2.22. The topological polar surface area (TPSA) is 40.5 Å². The van der Waals surface area contributed by atoms with E-state index in [0.717, 1.165) is 27.3 Å². The molecule has 3 heteroatoms. The van der Waals surface area contributed by atoms with Gasteiger partial charge in [-0.05, 0) is 61.2 Å². The van der Waals surface area contributed by atoms with Gasteiger partial charge in [0.25, 0.3) is 0 Å². The number of aromatic hydroxyl groups is 1. The third-order valence-corrected chi connectivity index (χ3v) is 5.63. The van der Waals surface area contributed by atoms with E-state index in [9.17, 15) is 10.2 Å². The first-order chi connectivity index (χ1) is 10.9. The lowest BCUT2D eigenvalue weighted by molar-refractivity contribution is 0.0797. The van der Waals surface area contributed by atoms with E-state index in [4.69, 9.17) is 0 Å². The second kappa shape index (κ2) is 6.50. The Kier molecular flexibility index (Phi) is 5.14. The van der Waals surface area contributed by atoms with E-state index in [1.54, 1.807) is 0 Å². The molecule has 24 heavy (non-hydrogen) atoms. The molecule has 0 aromatic heterocycles. The Morgan fingerprint density at radius 1 is 0.875 bits per heavy atom. The van der Waals surface area contributed by atoms with Gasteiger partial charge in [0.05, 0.1) is 5.60 Å². The first kappa shape index (κ1) is 19.0. The van der Waals surface area contributed by atoms with E-state index < -0.39 is 5.60 Å². The zero-order valence-corrected chi connectivity index (χ0v) is 16.8. The molecule has 0 saturated heterocycles. The Balaban J connectivity index is 2.55. The normalized spacial score (nSPS) is 13.0. The van der Waals surface area contributed by atoms with Gasteiger partial charge < -0.3 is 10.2 Å². The van der Waals surface area contributed by atoms with Crippen LogP contribution in [0.4, 0.5) is 0 Å². The van der Waals surface area contributed by atoms with Crippen molar-refractivity contribution in [2.75, 3.05) is 0 Å². The van der Waals surface area contributed by atoms with Crippen molar-refractivity contribution in [3.05, 3.63) is 52.6 Å². The van der Waals surface area contributed by atoms with Gasteiger partial charge >= 0.3 is 0 Å². The van der Waals surface area contributed by atoms with Crippen LogP contribution in [0.2, 0.25) is 0 Å². The fraction of sp³-hybridized carbons (Fsp3) is 0.429. The first-order valence-corrected chi connectivity index (χ1v) is 9.34. The molecule has 130 valence electrons. The molecule has 0 heterocycles. The lowest BCUT2D eigenvalue weighted by atomic mass is 9.86. The Labute approximate surface area is 147 Å². The van der Waals surface area contributed by atoms with E-state index in [0.29, 0.717) is 14.3 Å². The van der Waals surface area contributed by atoms with Crippen molar-refractivity contribution in [2.24, 2.45) is 0 Å². The van der Waals surface area contributed by atoms with Crippen molar-refractivity contribution in [3.8, 4) is 5.75 Å². The quantitative estimate of drug-likeness (QED) is 0.821. The van der Waals surface area contributed by atoms with Crippen molar-refractivity contribution in [2.45, 2.75) is 59.5 Å². The molecular formula is C21H29O2P. The largest absolute Gasteiger partial charge is 0.507 e. The highest BCUT2D eigenvalue weighted by molar-refractivity contribution is 7.55. The lowest BCUT2D eigenvalue weighted by Gasteiger charge is -2.24. The van der Waals surface area contributed by atoms with Gasteiger partial charge in [-0.2, -0.15) is 0 Å². The minimum atomic E-state index is -0.902. The molecule has 2 nitrogen and oxygen atoms in total. The Morgan fingerprint density at radius 3 is 2.04 bits per heavy atom. The second-order valence-electron chi connectivity index (χ2n) is 8.17. The predicted octanol–water partition coefficient (Wildman–Crippen LogP) is 4.16. The second-order valence-corrected chi connectivity index (χ2v) is 9.50. The van der Waals surface area contributed by atoms with E-state index in [-0.39, 0.29) is 5.41 Å². The highest BCUT2D eigenvalue weighted by atomic mass is 31.1. The standard InChI is InChI=1S/C21H29O2P/c1-13-8-9-17(16(10-13)21(6,7)23)24-18-12-15(20(3,4)5)11-14(2)19(18)22/h8-12,22-24H,1-7H3. The van der Waals surface area contributed by atoms with Crippen LogP contribution in [0.3, 0.4) is 0 Å². The molecule has 0 aliphatic carbocycles. The highest BCUT2D eigenvalue weighted by Crippen LogP contribution is 2.31. The Morgan fingerprint density at radius 2 is 1.50 bits per heavy atom. The van der Waals surface area contributed by atoms with E-state index >= 15 is 0 Å². The number of aliphatic hydroxyl groups is 1. The average molecular weight is 344 g/mol. The number of phenolic OH excluding ortho intramolecular Hbond substituents is 1. The fourth-order valence-electron chi connectivity index (χ4n) is 2.73. The summed E-state index contributed by atoms with van der Waals surface area (Å²) in [6.07, 6.45) is 0. The van der Waals surface area contributed by atoms with Crippen LogP contribution in [0.15, 0.2) is 30.3 Å². The minimum absolute atomic E-state index is 0.0318. The number of hydrogen-bond acceptors (Lipinski definition) is 2. The molecule has 0 saturated carbocycles. The first-order valence-electron chi connectivity index (χ1n) is 8.34. The summed E-state index contributed by atoms with van der Waals surface area (Å²) in [5, 5.41) is 23.1. The zero-order valence-electron chi connectivity index (χ0n) is 15.8. The van der Waals surface area contributed by atoms with Crippen LogP contribution in [0.25, 0.3) is 0 Å². The molecule has 0 amide bonds. The maximum atomic E-state index is 10.5. The molecule has 2 rings (SSSR count). The molecular weight excluding hydrogens is 315 g/mol. The van der Waals surface area contributed by atoms with Crippen molar-refractivity contribution in [1.82, 2.24) is 0 Å². The van der Waals surface area contributed by atoms with E-state index in [2.05, 4.69) is 45.0 Å². The summed E-state index contributed by atoms with van der Waals surface area (Å²) in [4.78, 5) is 0. The monoisotopic (exact) mass is 344 g/mol. The van der Waals surface area contributed by atoms with Gasteiger partial charge in [0, 0.05) is 5.30 Å². The summed E-state index contributed by atoms with van der Waals surface area (Å²) in [6, 6.07) is 10.3. The fourth-order valence-corrected chi connectivity index (χ4v) is 4.24. The lowest BCUT2D eigenvalue weighted by Crippen LogP contribution is -2.24. The molecule has 0 fully saturated rings. The third kappa shape index (κ3) is 4.18. The van der Waals surface area contributed by atoms with Gasteiger partial charge in [0.2, 0.25) is 0 Å². The minimum Gasteiger partial charge on any atom is -0.507 e. The van der Waals surface area contributed by atoms with Crippen molar-refractivity contribution in [3.63, 3.8) is 0 Å². The third-order valence-electron chi connectivity index (χ3n) is 4.27. The SMILES string of the molecule is Cc1ccc(Pc2cc(C(C)(C)C)cc(C)c2O)c(C(C)(C)O)c1. The molecule has 0 bridgehead atoms. The number of benzene rings is 2. The van der Waals surface area contributed by atoms with Gasteiger partial charge in [-0.3, -0.25) is 0 Å². The van der Waals surface area contributed by atoms with Crippen molar-refractivity contribution < 1.29 is 10.2 Å². The predicted molar refractivity (Wildman–Crippen MR) is 106 cm³/mol. The van der Waals surface area contributed by atoms with Crippen molar-refractivity contribution in [1.29, 1.82) is 0 Å². The molecule has 0 radical (unpaired) electrons. The Hall–Kier alpha value is -1.37. The molecule has 0 aliphatic rings. The number of aryl methyl sites for hydroxylation is 2. The number of phenols is 1. The summed E-state index contributed by atoms with van der Waals surface area (Å²) >= 11 is 0. The van der Waals surface area contributed by atoms with Crippen LogP contribution in [-0.4, -0.2) is 10.2 Å². The molecule has 0 spiro atoms. The number of rotatable bonds is 3. The van der Waals surface area contributed by atoms with Gasteiger partial charge in [-0.25, -0.2) is 0 Å². The molecule has 0 aliphatic heterocycles. The van der Waals surface area contributed by atoms with Crippen LogP contribution in [0.5, 0.6) is 5.75 Å². The van der Waals surface area contributed by atoms with E-state index in [1.807, 2.05) is 33.8 Å². The van der Waals surface area contributed by atoms with Gasteiger partial charge in [0.15, 0.2) is 0 Å². The van der Waals surface area contributed by atoms with Crippen LogP contribution in [0, 0.1) is 13.8 Å². The van der Waals surface area contributed by atoms with Crippen LogP contribution in [-0.2, 0) is 11.0 Å². The number of hydrogen-bond donors (Lipinski definition) is 2.